The number of aromatic nitrogens is 3. The van der Waals surface area contributed by atoms with Crippen LogP contribution in [-0.2, 0) is 14.3 Å². The SMILES string of the molecule is O=C(NC(C(=O)N1CC(Cl)C2OCC(=O)C21)C1CCCC1)c1ncc(-c2cnccn2)s1. The van der Waals surface area contributed by atoms with Crippen molar-refractivity contribution in [2.75, 3.05) is 13.2 Å². The summed E-state index contributed by atoms with van der Waals surface area (Å²) in [5, 5.41) is 2.72. The van der Waals surface area contributed by atoms with Crippen LogP contribution in [0.1, 0.15) is 35.5 Å². The lowest BCUT2D eigenvalue weighted by atomic mass is 9.96. The predicted octanol–water partition coefficient (Wildman–Crippen LogP) is 1.67. The van der Waals surface area contributed by atoms with Gasteiger partial charge < -0.3 is 15.0 Å². The lowest BCUT2D eigenvalue weighted by Gasteiger charge is -2.30. The number of nitrogens with one attached hydrogen (secondary N) is 1. The summed E-state index contributed by atoms with van der Waals surface area (Å²) in [6, 6.07) is -1.40. The van der Waals surface area contributed by atoms with Crippen LogP contribution in [0.4, 0.5) is 0 Å². The van der Waals surface area contributed by atoms with Gasteiger partial charge in [-0.2, -0.15) is 0 Å². The minimum atomic E-state index is -0.732. The number of Topliss-reactive ketones (excluding diaryl/α,β-unsaturated/α-hetero) is 1. The number of likely N-dealkylation sites (tertiary alicyclic amines) is 1. The van der Waals surface area contributed by atoms with Crippen LogP contribution in [0.25, 0.3) is 10.6 Å². The number of nitrogens with zero attached hydrogens (tertiary/aromatic N) is 4. The molecule has 3 aliphatic rings. The summed E-state index contributed by atoms with van der Waals surface area (Å²) in [6.07, 6.45) is 9.54. The molecule has 2 aromatic rings. The first-order valence-corrected chi connectivity index (χ1v) is 11.9. The number of thiazole rings is 1. The van der Waals surface area contributed by atoms with Gasteiger partial charge in [0.1, 0.15) is 30.5 Å². The van der Waals surface area contributed by atoms with Gasteiger partial charge in [-0.3, -0.25) is 24.4 Å². The van der Waals surface area contributed by atoms with E-state index in [0.29, 0.717) is 10.6 Å². The minimum absolute atomic E-state index is 0.0103. The van der Waals surface area contributed by atoms with Crippen LogP contribution in [0.15, 0.2) is 24.8 Å². The molecule has 4 heterocycles. The molecule has 2 saturated heterocycles. The zero-order valence-corrected chi connectivity index (χ0v) is 18.7. The van der Waals surface area contributed by atoms with Gasteiger partial charge in [-0.05, 0) is 18.8 Å². The Kier molecular flexibility index (Phi) is 5.92. The Bertz CT molecular complexity index is 1030. The van der Waals surface area contributed by atoms with E-state index in [9.17, 15) is 14.4 Å². The van der Waals surface area contributed by atoms with Crippen LogP contribution >= 0.6 is 22.9 Å². The molecule has 0 bridgehead atoms. The molecular weight excluding hydrogens is 454 g/mol. The van der Waals surface area contributed by atoms with E-state index in [4.69, 9.17) is 16.3 Å². The second kappa shape index (κ2) is 8.84. The molecule has 11 heteroatoms. The van der Waals surface area contributed by atoms with Crippen molar-refractivity contribution in [1.82, 2.24) is 25.2 Å². The highest BCUT2D eigenvalue weighted by Gasteiger charge is 2.53. The highest BCUT2D eigenvalue weighted by Crippen LogP contribution is 2.34. The zero-order valence-electron chi connectivity index (χ0n) is 17.1. The molecule has 9 nitrogen and oxygen atoms in total. The highest BCUT2D eigenvalue weighted by atomic mass is 35.5. The zero-order chi connectivity index (χ0) is 22.2. The smallest absolute Gasteiger partial charge is 0.280 e. The fourth-order valence-corrected chi connectivity index (χ4v) is 5.94. The summed E-state index contributed by atoms with van der Waals surface area (Å²) in [5.74, 6) is -0.817. The summed E-state index contributed by atoms with van der Waals surface area (Å²) >= 11 is 7.56. The van der Waals surface area contributed by atoms with E-state index in [-0.39, 0.29) is 35.8 Å². The summed E-state index contributed by atoms with van der Waals surface area (Å²) in [6.45, 7) is 0.196. The van der Waals surface area contributed by atoms with E-state index in [1.54, 1.807) is 24.8 Å². The number of carbonyl (C=O) groups is 3. The van der Waals surface area contributed by atoms with Crippen molar-refractivity contribution in [2.45, 2.75) is 49.2 Å². The molecule has 1 aliphatic carbocycles. The normalized spacial score (nSPS) is 26.3. The fourth-order valence-electron chi connectivity index (χ4n) is 4.80. The molecule has 168 valence electrons. The summed E-state index contributed by atoms with van der Waals surface area (Å²) in [5.41, 5.74) is 0.628. The summed E-state index contributed by atoms with van der Waals surface area (Å²) in [4.78, 5) is 53.7. The van der Waals surface area contributed by atoms with E-state index < -0.39 is 29.5 Å². The molecule has 1 saturated carbocycles. The van der Waals surface area contributed by atoms with Crippen LogP contribution in [0, 0.1) is 5.92 Å². The molecule has 2 aliphatic heterocycles. The molecule has 0 radical (unpaired) electrons. The van der Waals surface area contributed by atoms with Crippen molar-refractivity contribution in [1.29, 1.82) is 0 Å². The molecule has 2 amide bonds. The number of amides is 2. The third-order valence-corrected chi connectivity index (χ3v) is 7.75. The Hall–Kier alpha value is -2.43. The predicted molar refractivity (Wildman–Crippen MR) is 116 cm³/mol. The lowest BCUT2D eigenvalue weighted by Crippen LogP contribution is -2.54. The van der Waals surface area contributed by atoms with Crippen LogP contribution in [0.5, 0.6) is 0 Å². The van der Waals surface area contributed by atoms with E-state index >= 15 is 0 Å². The number of alkyl halides is 1. The first kappa shape index (κ1) is 21.4. The Morgan fingerprint density at radius 2 is 2.03 bits per heavy atom. The van der Waals surface area contributed by atoms with E-state index in [2.05, 4.69) is 20.3 Å². The summed E-state index contributed by atoms with van der Waals surface area (Å²) < 4.78 is 5.50. The van der Waals surface area contributed by atoms with Gasteiger partial charge in [0.2, 0.25) is 5.91 Å². The number of fused-ring (bicyclic) bond motifs is 1. The maximum Gasteiger partial charge on any atom is 0.280 e. The largest absolute Gasteiger partial charge is 0.366 e. The minimum Gasteiger partial charge on any atom is -0.366 e. The van der Waals surface area contributed by atoms with Gasteiger partial charge >= 0.3 is 0 Å². The van der Waals surface area contributed by atoms with Crippen LogP contribution in [-0.4, -0.2) is 74.2 Å². The Morgan fingerprint density at radius 3 is 2.78 bits per heavy atom. The molecule has 0 aromatic carbocycles. The number of ketones is 1. The number of ether oxygens (including phenoxy) is 1. The molecule has 32 heavy (non-hydrogen) atoms. The lowest BCUT2D eigenvalue weighted by molar-refractivity contribution is -0.139. The first-order chi connectivity index (χ1) is 15.5. The van der Waals surface area contributed by atoms with Gasteiger partial charge in [0.05, 0.1) is 16.5 Å². The number of halogens is 1. The molecule has 1 N–H and O–H groups in total. The van der Waals surface area contributed by atoms with Crippen LogP contribution in [0.3, 0.4) is 0 Å². The molecule has 0 spiro atoms. The number of carbonyl (C=O) groups excluding carboxylic acids is 3. The van der Waals surface area contributed by atoms with E-state index in [1.165, 1.54) is 16.2 Å². The number of hydrogen-bond donors (Lipinski definition) is 1. The molecule has 3 fully saturated rings. The first-order valence-electron chi connectivity index (χ1n) is 10.6. The van der Waals surface area contributed by atoms with Crippen molar-refractivity contribution < 1.29 is 19.1 Å². The topological polar surface area (TPSA) is 114 Å². The van der Waals surface area contributed by atoms with Gasteiger partial charge in [0.15, 0.2) is 10.8 Å². The third-order valence-electron chi connectivity index (χ3n) is 6.35. The van der Waals surface area contributed by atoms with Crippen LogP contribution in [0.2, 0.25) is 0 Å². The van der Waals surface area contributed by atoms with Gasteiger partial charge in [-0.1, -0.05) is 12.8 Å². The molecule has 4 atom stereocenters. The van der Waals surface area contributed by atoms with E-state index in [0.717, 1.165) is 25.7 Å². The highest BCUT2D eigenvalue weighted by molar-refractivity contribution is 7.16. The molecule has 2 aromatic heterocycles. The second-order valence-electron chi connectivity index (χ2n) is 8.31. The standard InChI is InChI=1S/C21H22ClN5O4S/c22-12-9-27(17-14(28)10-31-18(12)17)21(30)16(11-3-1-2-4-11)26-19(29)20-25-8-15(32-20)13-7-23-5-6-24-13/h5-8,11-12,16-18H,1-4,9-10H2,(H,26,29). The monoisotopic (exact) mass is 475 g/mol. The quantitative estimate of drug-likeness (QED) is 0.654. The Balaban J connectivity index is 1.36. The van der Waals surface area contributed by atoms with E-state index in [1.807, 2.05) is 0 Å². The Labute approximate surface area is 193 Å². The molecular formula is C21H22ClN5O4S. The van der Waals surface area contributed by atoms with Gasteiger partial charge in [0.25, 0.3) is 5.91 Å². The van der Waals surface area contributed by atoms with Gasteiger partial charge in [-0.15, -0.1) is 22.9 Å². The van der Waals surface area contributed by atoms with Gasteiger partial charge in [0, 0.05) is 25.1 Å². The molecule has 4 unspecified atom stereocenters. The van der Waals surface area contributed by atoms with Crippen molar-refractivity contribution in [3.05, 3.63) is 29.8 Å². The average molecular weight is 476 g/mol. The van der Waals surface area contributed by atoms with Crippen molar-refractivity contribution in [2.24, 2.45) is 5.92 Å². The Morgan fingerprint density at radius 1 is 1.22 bits per heavy atom. The molecule has 5 rings (SSSR count). The number of rotatable bonds is 5. The maximum atomic E-state index is 13.6. The summed E-state index contributed by atoms with van der Waals surface area (Å²) in [7, 11) is 0. The average Bonchev–Trinajstić information content (AvgIpc) is 3.59. The van der Waals surface area contributed by atoms with Crippen molar-refractivity contribution in [3.63, 3.8) is 0 Å². The maximum absolute atomic E-state index is 13.6. The second-order valence-corrected chi connectivity index (χ2v) is 9.90. The number of hydrogen-bond acceptors (Lipinski definition) is 8. The fraction of sp³-hybridized carbons (Fsp3) is 0.524. The third kappa shape index (κ3) is 3.91. The van der Waals surface area contributed by atoms with Crippen LogP contribution < -0.4 is 5.32 Å². The van der Waals surface area contributed by atoms with Crippen molar-refractivity contribution >= 4 is 40.5 Å². The van der Waals surface area contributed by atoms with Gasteiger partial charge in [-0.25, -0.2) is 4.98 Å². The van der Waals surface area contributed by atoms with Crippen molar-refractivity contribution in [3.8, 4) is 10.6 Å².